The summed E-state index contributed by atoms with van der Waals surface area (Å²) in [6.45, 7) is 5.11. The van der Waals surface area contributed by atoms with Crippen LogP contribution in [0.25, 0.3) is 0 Å². The van der Waals surface area contributed by atoms with Crippen LogP contribution in [-0.4, -0.2) is 71.7 Å². The summed E-state index contributed by atoms with van der Waals surface area (Å²) in [4.78, 5) is 75.1. The third-order valence-corrected chi connectivity index (χ3v) is 4.89. The van der Waals surface area contributed by atoms with Gasteiger partial charge in [0.15, 0.2) is 0 Å². The summed E-state index contributed by atoms with van der Waals surface area (Å²) in [5.74, 6) is -4.30. The molecule has 0 aromatic rings. The van der Waals surface area contributed by atoms with Crippen molar-refractivity contribution < 1.29 is 47.8 Å². The van der Waals surface area contributed by atoms with Gasteiger partial charge in [-0.25, -0.2) is 4.79 Å². The van der Waals surface area contributed by atoms with Gasteiger partial charge in [-0.3, -0.25) is 24.0 Å². The largest absolute Gasteiger partial charge is 0.463 e. The lowest BCUT2D eigenvalue weighted by Gasteiger charge is -2.45. The molecule has 0 aliphatic carbocycles. The van der Waals surface area contributed by atoms with E-state index in [4.69, 9.17) is 19.0 Å². The van der Waals surface area contributed by atoms with E-state index in [0.717, 1.165) is 0 Å². The second-order valence-corrected chi connectivity index (χ2v) is 7.42. The predicted molar refractivity (Wildman–Crippen MR) is 99.4 cm³/mol. The van der Waals surface area contributed by atoms with Gasteiger partial charge in [0.1, 0.15) is 18.8 Å². The summed E-state index contributed by atoms with van der Waals surface area (Å²) in [6, 6.07) is -0.770. The number of hydrogen-bond donors (Lipinski definition) is 1. The first-order valence-corrected chi connectivity index (χ1v) is 9.79. The van der Waals surface area contributed by atoms with Crippen molar-refractivity contribution in [2.75, 3.05) is 6.61 Å². The minimum absolute atomic E-state index is 0.0495. The zero-order chi connectivity index (χ0) is 23.3. The fraction of sp³-hybridized carbons (Fsp3) is 0.684. The minimum atomic E-state index is -0.966. The molecule has 0 bridgehead atoms. The van der Waals surface area contributed by atoms with Crippen LogP contribution in [0.3, 0.4) is 0 Å². The molecule has 1 N–H and O–H groups in total. The Labute approximate surface area is 178 Å². The van der Waals surface area contributed by atoms with Gasteiger partial charge in [0.2, 0.25) is 5.91 Å². The van der Waals surface area contributed by atoms with Crippen molar-refractivity contribution in [2.45, 2.75) is 71.3 Å². The molecular weight excluding hydrogens is 416 g/mol. The molecule has 2 aliphatic rings. The van der Waals surface area contributed by atoms with Crippen molar-refractivity contribution in [3.8, 4) is 0 Å². The van der Waals surface area contributed by atoms with Crippen molar-refractivity contribution in [3.05, 3.63) is 0 Å². The van der Waals surface area contributed by atoms with Crippen LogP contribution in [0.2, 0.25) is 0 Å². The molecule has 2 saturated heterocycles. The Bertz CT molecular complexity index is 749. The van der Waals surface area contributed by atoms with E-state index < -0.39 is 72.3 Å². The molecule has 0 saturated carbocycles. The van der Waals surface area contributed by atoms with Crippen LogP contribution in [0.4, 0.5) is 0 Å². The van der Waals surface area contributed by atoms with E-state index in [-0.39, 0.29) is 19.4 Å². The quantitative estimate of drug-likeness (QED) is 0.399. The minimum Gasteiger partial charge on any atom is -0.463 e. The van der Waals surface area contributed by atoms with Crippen LogP contribution < -0.4 is 5.32 Å². The molecule has 0 aromatic carbocycles. The van der Waals surface area contributed by atoms with Crippen molar-refractivity contribution in [1.82, 2.24) is 10.4 Å². The zero-order valence-electron chi connectivity index (χ0n) is 17.7. The summed E-state index contributed by atoms with van der Waals surface area (Å²) in [5, 5.41) is 3.09. The van der Waals surface area contributed by atoms with Crippen LogP contribution in [0.15, 0.2) is 0 Å². The number of amides is 3. The number of carbonyl (C=O) groups excluding carboxylic acids is 6. The Morgan fingerprint density at radius 2 is 1.65 bits per heavy atom. The maximum absolute atomic E-state index is 12.4. The summed E-state index contributed by atoms with van der Waals surface area (Å²) in [7, 11) is 0. The third-order valence-electron chi connectivity index (χ3n) is 4.89. The number of esters is 2. The Morgan fingerprint density at radius 1 is 1.03 bits per heavy atom. The Kier molecular flexibility index (Phi) is 8.08. The topological polar surface area (TPSA) is 155 Å². The molecule has 3 amide bonds. The average molecular weight is 442 g/mol. The van der Waals surface area contributed by atoms with E-state index in [0.29, 0.717) is 5.06 Å². The highest BCUT2D eigenvalue weighted by Gasteiger charge is 2.47. The molecular formula is C19H26N2O10. The second-order valence-electron chi connectivity index (χ2n) is 7.42. The Morgan fingerprint density at radius 3 is 2.16 bits per heavy atom. The fourth-order valence-electron chi connectivity index (χ4n) is 3.57. The first-order valence-electron chi connectivity index (χ1n) is 9.79. The first-order chi connectivity index (χ1) is 14.5. The van der Waals surface area contributed by atoms with Crippen LogP contribution in [0, 0.1) is 5.92 Å². The summed E-state index contributed by atoms with van der Waals surface area (Å²) < 4.78 is 16.2. The lowest BCUT2D eigenvalue weighted by atomic mass is 9.84. The number of hydrogen-bond acceptors (Lipinski definition) is 10. The van der Waals surface area contributed by atoms with Crippen molar-refractivity contribution in [3.63, 3.8) is 0 Å². The van der Waals surface area contributed by atoms with Gasteiger partial charge >= 0.3 is 17.9 Å². The highest BCUT2D eigenvalue weighted by Crippen LogP contribution is 2.31. The number of nitrogens with zero attached hydrogens (tertiary/aromatic N) is 1. The molecule has 12 heteroatoms. The Hall–Kier alpha value is -3.02. The second kappa shape index (κ2) is 10.3. The number of rotatable bonds is 7. The molecule has 172 valence electrons. The van der Waals surface area contributed by atoms with Crippen LogP contribution >= 0.6 is 0 Å². The maximum atomic E-state index is 12.4. The number of carbonyl (C=O) groups is 6. The molecule has 5 atom stereocenters. The maximum Gasteiger partial charge on any atom is 0.335 e. The van der Waals surface area contributed by atoms with Crippen LogP contribution in [-0.2, 0) is 47.8 Å². The van der Waals surface area contributed by atoms with Gasteiger partial charge in [-0.05, 0) is 0 Å². The smallest absolute Gasteiger partial charge is 0.335 e. The molecule has 2 heterocycles. The van der Waals surface area contributed by atoms with E-state index >= 15 is 0 Å². The Balaban J connectivity index is 2.20. The van der Waals surface area contributed by atoms with E-state index in [1.807, 2.05) is 0 Å². The van der Waals surface area contributed by atoms with Gasteiger partial charge in [-0.1, -0.05) is 6.92 Å². The van der Waals surface area contributed by atoms with E-state index in [1.165, 1.54) is 20.8 Å². The molecule has 2 rings (SSSR count). The number of nitrogens with one attached hydrogen (secondary N) is 1. The van der Waals surface area contributed by atoms with E-state index in [1.54, 1.807) is 6.92 Å². The third kappa shape index (κ3) is 6.48. The molecule has 31 heavy (non-hydrogen) atoms. The van der Waals surface area contributed by atoms with Crippen molar-refractivity contribution in [2.24, 2.45) is 5.92 Å². The van der Waals surface area contributed by atoms with Gasteiger partial charge in [0, 0.05) is 39.5 Å². The monoisotopic (exact) mass is 442 g/mol. The first kappa shape index (κ1) is 24.3. The zero-order valence-corrected chi connectivity index (χ0v) is 17.7. The summed E-state index contributed by atoms with van der Waals surface area (Å²) in [5.41, 5.74) is 0. The van der Waals surface area contributed by atoms with E-state index in [9.17, 15) is 28.8 Å². The molecule has 0 aromatic heterocycles. The highest BCUT2D eigenvalue weighted by molar-refractivity contribution is 6.01. The lowest BCUT2D eigenvalue weighted by Crippen LogP contribution is -2.61. The summed E-state index contributed by atoms with van der Waals surface area (Å²) in [6.07, 6.45) is -3.27. The predicted octanol–water partition coefficient (Wildman–Crippen LogP) is -0.613. The van der Waals surface area contributed by atoms with Gasteiger partial charge in [0.05, 0.1) is 18.6 Å². The standard InChI is InChI=1S/C19H26N2O10/c1-9-18(20-10(2)22)13(7-17(27)31-21-15(25)5-6-16(21)26)30-14(8-28-11(3)23)19(9)29-12(4)24/h9,13-14,18-19H,5-8H2,1-4H3,(H,20,22). The molecule has 12 nitrogen and oxygen atoms in total. The highest BCUT2D eigenvalue weighted by atomic mass is 16.7. The van der Waals surface area contributed by atoms with Gasteiger partial charge < -0.3 is 24.4 Å². The van der Waals surface area contributed by atoms with Crippen molar-refractivity contribution in [1.29, 1.82) is 0 Å². The molecule has 2 fully saturated rings. The molecule has 5 unspecified atom stereocenters. The van der Waals surface area contributed by atoms with Gasteiger partial charge in [-0.15, -0.1) is 5.06 Å². The average Bonchev–Trinajstić information content (AvgIpc) is 2.97. The van der Waals surface area contributed by atoms with Crippen LogP contribution in [0.1, 0.15) is 47.0 Å². The molecule has 2 aliphatic heterocycles. The summed E-state index contributed by atoms with van der Waals surface area (Å²) >= 11 is 0. The van der Waals surface area contributed by atoms with Crippen molar-refractivity contribution >= 4 is 35.6 Å². The molecule has 0 radical (unpaired) electrons. The number of ether oxygens (including phenoxy) is 3. The van der Waals surface area contributed by atoms with E-state index in [2.05, 4.69) is 5.32 Å². The SMILES string of the molecule is CC(=O)NC1C(CC(=O)ON2C(=O)CCC2=O)OC(COC(C)=O)C(OC(C)=O)C1C. The fourth-order valence-corrected chi connectivity index (χ4v) is 3.57. The van der Waals surface area contributed by atoms with Gasteiger partial charge in [-0.2, -0.15) is 0 Å². The number of hydroxylamine groups is 2. The van der Waals surface area contributed by atoms with Gasteiger partial charge in [0.25, 0.3) is 11.8 Å². The number of imide groups is 1. The van der Waals surface area contributed by atoms with Crippen LogP contribution in [0.5, 0.6) is 0 Å². The lowest BCUT2D eigenvalue weighted by molar-refractivity contribution is -0.212. The molecule has 0 spiro atoms. The normalized spacial score (nSPS) is 28.1.